The number of hydrogen-bond acceptors (Lipinski definition) is 3. The molecule has 3 heteroatoms. The van der Waals surface area contributed by atoms with E-state index in [4.69, 9.17) is 15.3 Å². The van der Waals surface area contributed by atoms with Gasteiger partial charge < -0.3 is 4.74 Å². The molecule has 0 N–H and O–H groups in total. The summed E-state index contributed by atoms with van der Waals surface area (Å²) in [4.78, 5) is 0. The van der Waals surface area contributed by atoms with E-state index < -0.39 is 0 Å². The van der Waals surface area contributed by atoms with Gasteiger partial charge in [-0.3, -0.25) is 0 Å². The molecule has 2 aromatic carbocycles. The zero-order valence-electron chi connectivity index (χ0n) is 9.84. The Kier molecular flexibility index (Phi) is 3.27. The van der Waals surface area contributed by atoms with Crippen LogP contribution in [-0.2, 0) is 0 Å². The van der Waals surface area contributed by atoms with Crippen molar-refractivity contribution in [2.45, 2.75) is 6.92 Å². The fraction of sp³-hybridized carbons (Fsp3) is 0.0667. The van der Waals surface area contributed by atoms with Crippen LogP contribution in [0, 0.1) is 29.6 Å². The van der Waals surface area contributed by atoms with Gasteiger partial charge in [0.15, 0.2) is 0 Å². The van der Waals surface area contributed by atoms with Crippen LogP contribution in [0.1, 0.15) is 16.7 Å². The Morgan fingerprint density at radius 2 is 1.67 bits per heavy atom. The van der Waals surface area contributed by atoms with E-state index in [9.17, 15) is 0 Å². The molecule has 18 heavy (non-hydrogen) atoms. The molecule has 86 valence electrons. The molecule has 0 bridgehead atoms. The predicted octanol–water partition coefficient (Wildman–Crippen LogP) is 3.53. The normalized spacial score (nSPS) is 9.28. The van der Waals surface area contributed by atoms with E-state index in [2.05, 4.69) is 0 Å². The number of nitrogens with zero attached hydrogens (tertiary/aromatic N) is 2. The lowest BCUT2D eigenvalue weighted by atomic mass is 10.1. The number of para-hydroxylation sites is 1. The molecule has 0 atom stereocenters. The van der Waals surface area contributed by atoms with Crippen LogP contribution in [0.5, 0.6) is 11.5 Å². The molecule has 0 aromatic heterocycles. The third kappa shape index (κ3) is 2.31. The molecule has 2 rings (SSSR count). The minimum atomic E-state index is 0.323. The number of nitriles is 2. The molecule has 0 heterocycles. The van der Waals surface area contributed by atoms with Crippen molar-refractivity contribution in [2.75, 3.05) is 0 Å². The molecular formula is C15H10N2O. The second-order valence-electron chi connectivity index (χ2n) is 3.80. The first-order chi connectivity index (χ1) is 8.74. The molecule has 0 aliphatic carbocycles. The van der Waals surface area contributed by atoms with Crippen LogP contribution < -0.4 is 4.74 Å². The van der Waals surface area contributed by atoms with Crippen molar-refractivity contribution < 1.29 is 4.74 Å². The standard InChI is InChI=1S/C15H10N2O/c1-11-4-2-3-5-15(11)18-14-7-6-12(9-16)13(8-14)10-17/h2-8H,1H3. The minimum Gasteiger partial charge on any atom is -0.457 e. The molecule has 0 fully saturated rings. The largest absolute Gasteiger partial charge is 0.457 e. The summed E-state index contributed by atoms with van der Waals surface area (Å²) in [5.74, 6) is 1.30. The summed E-state index contributed by atoms with van der Waals surface area (Å²) in [5.41, 5.74) is 1.69. The van der Waals surface area contributed by atoms with Crippen LogP contribution in [0.4, 0.5) is 0 Å². The zero-order chi connectivity index (χ0) is 13.0. The van der Waals surface area contributed by atoms with E-state index in [1.165, 1.54) is 0 Å². The molecule has 0 spiro atoms. The van der Waals surface area contributed by atoms with Crippen molar-refractivity contribution in [3.63, 3.8) is 0 Å². The molecule has 0 unspecified atom stereocenters. The summed E-state index contributed by atoms with van der Waals surface area (Å²) >= 11 is 0. The Bertz CT molecular complexity index is 663. The van der Waals surface area contributed by atoms with Crippen molar-refractivity contribution in [1.82, 2.24) is 0 Å². The summed E-state index contributed by atoms with van der Waals surface area (Å²) in [7, 11) is 0. The highest BCUT2D eigenvalue weighted by atomic mass is 16.5. The van der Waals surface area contributed by atoms with E-state index in [0.29, 0.717) is 16.9 Å². The van der Waals surface area contributed by atoms with Gasteiger partial charge in [0.1, 0.15) is 23.6 Å². The third-order valence-corrected chi connectivity index (χ3v) is 2.55. The highest BCUT2D eigenvalue weighted by Gasteiger charge is 2.05. The summed E-state index contributed by atoms with van der Waals surface area (Å²) in [6.45, 7) is 1.95. The summed E-state index contributed by atoms with van der Waals surface area (Å²) in [5, 5.41) is 17.8. The third-order valence-electron chi connectivity index (χ3n) is 2.55. The molecule has 0 amide bonds. The summed E-state index contributed by atoms with van der Waals surface area (Å²) in [6.07, 6.45) is 0. The second-order valence-corrected chi connectivity index (χ2v) is 3.80. The van der Waals surface area contributed by atoms with Crippen LogP contribution in [0.2, 0.25) is 0 Å². The average Bonchev–Trinajstić information content (AvgIpc) is 2.41. The number of aryl methyl sites for hydroxylation is 1. The molecule has 0 saturated carbocycles. The lowest BCUT2D eigenvalue weighted by molar-refractivity contribution is 0.478. The number of benzene rings is 2. The van der Waals surface area contributed by atoms with E-state index >= 15 is 0 Å². The maximum absolute atomic E-state index is 8.94. The molecule has 0 aliphatic heterocycles. The topological polar surface area (TPSA) is 56.8 Å². The lowest BCUT2D eigenvalue weighted by Gasteiger charge is -2.08. The first-order valence-electron chi connectivity index (χ1n) is 5.42. The van der Waals surface area contributed by atoms with Gasteiger partial charge in [-0.15, -0.1) is 0 Å². The van der Waals surface area contributed by atoms with Crippen molar-refractivity contribution in [3.8, 4) is 23.6 Å². The van der Waals surface area contributed by atoms with Crippen LogP contribution in [0.25, 0.3) is 0 Å². The van der Waals surface area contributed by atoms with E-state index in [-0.39, 0.29) is 0 Å². The van der Waals surface area contributed by atoms with E-state index in [1.807, 2.05) is 43.3 Å². The molecule has 3 nitrogen and oxygen atoms in total. The van der Waals surface area contributed by atoms with Gasteiger partial charge in [0, 0.05) is 0 Å². The Balaban J connectivity index is 2.35. The van der Waals surface area contributed by atoms with Crippen LogP contribution in [0.3, 0.4) is 0 Å². The second kappa shape index (κ2) is 5.03. The predicted molar refractivity (Wildman–Crippen MR) is 67.1 cm³/mol. The lowest BCUT2D eigenvalue weighted by Crippen LogP contribution is -1.90. The fourth-order valence-corrected chi connectivity index (χ4v) is 1.57. The molecular weight excluding hydrogens is 224 g/mol. The molecule has 0 aliphatic rings. The summed E-state index contributed by atoms with van der Waals surface area (Å²) in [6, 6.07) is 16.4. The first kappa shape index (κ1) is 11.7. The van der Waals surface area contributed by atoms with Gasteiger partial charge in [-0.05, 0) is 36.8 Å². The smallest absolute Gasteiger partial charge is 0.130 e. The van der Waals surface area contributed by atoms with Gasteiger partial charge in [0.2, 0.25) is 0 Å². The minimum absolute atomic E-state index is 0.323. The Morgan fingerprint density at radius 3 is 2.33 bits per heavy atom. The van der Waals surface area contributed by atoms with Gasteiger partial charge in [0.05, 0.1) is 11.1 Å². The molecule has 0 radical (unpaired) electrons. The maximum Gasteiger partial charge on any atom is 0.130 e. The highest BCUT2D eigenvalue weighted by Crippen LogP contribution is 2.26. The van der Waals surface area contributed by atoms with Gasteiger partial charge in [-0.1, -0.05) is 18.2 Å². The fourth-order valence-electron chi connectivity index (χ4n) is 1.57. The van der Waals surface area contributed by atoms with Gasteiger partial charge >= 0.3 is 0 Å². The monoisotopic (exact) mass is 234 g/mol. The quantitative estimate of drug-likeness (QED) is 0.798. The van der Waals surface area contributed by atoms with Gasteiger partial charge in [-0.25, -0.2) is 0 Å². The Labute approximate surface area is 105 Å². The molecule has 0 saturated heterocycles. The van der Waals surface area contributed by atoms with Crippen LogP contribution in [0.15, 0.2) is 42.5 Å². The van der Waals surface area contributed by atoms with Crippen molar-refractivity contribution in [1.29, 1.82) is 10.5 Å². The molecule has 2 aromatic rings. The number of ether oxygens (including phenoxy) is 1. The Hall–Kier alpha value is -2.78. The van der Waals surface area contributed by atoms with E-state index in [1.54, 1.807) is 18.2 Å². The van der Waals surface area contributed by atoms with Crippen molar-refractivity contribution in [3.05, 3.63) is 59.2 Å². The number of hydrogen-bond donors (Lipinski definition) is 0. The van der Waals surface area contributed by atoms with Crippen molar-refractivity contribution in [2.24, 2.45) is 0 Å². The zero-order valence-corrected chi connectivity index (χ0v) is 9.84. The SMILES string of the molecule is Cc1ccccc1Oc1ccc(C#N)c(C#N)c1. The highest BCUT2D eigenvalue weighted by molar-refractivity contribution is 5.50. The van der Waals surface area contributed by atoms with Crippen LogP contribution in [-0.4, -0.2) is 0 Å². The van der Waals surface area contributed by atoms with Crippen LogP contribution >= 0.6 is 0 Å². The Morgan fingerprint density at radius 1 is 0.944 bits per heavy atom. The van der Waals surface area contributed by atoms with Gasteiger partial charge in [-0.2, -0.15) is 10.5 Å². The van der Waals surface area contributed by atoms with Crippen molar-refractivity contribution >= 4 is 0 Å². The van der Waals surface area contributed by atoms with E-state index in [0.717, 1.165) is 11.3 Å². The first-order valence-corrected chi connectivity index (χ1v) is 5.42. The summed E-state index contributed by atoms with van der Waals surface area (Å²) < 4.78 is 5.69. The number of rotatable bonds is 2. The average molecular weight is 234 g/mol. The maximum atomic E-state index is 8.94. The van der Waals surface area contributed by atoms with Gasteiger partial charge in [0.25, 0.3) is 0 Å².